The van der Waals surface area contributed by atoms with Crippen LogP contribution in [0.1, 0.15) is 26.2 Å². The van der Waals surface area contributed by atoms with Gasteiger partial charge in [0.2, 0.25) is 10.0 Å². The Morgan fingerprint density at radius 2 is 2.33 bits per heavy atom. The van der Waals surface area contributed by atoms with Crippen LogP contribution >= 0.6 is 0 Å². The van der Waals surface area contributed by atoms with E-state index in [0.29, 0.717) is 19.1 Å². The summed E-state index contributed by atoms with van der Waals surface area (Å²) < 4.78 is 27.9. The summed E-state index contributed by atoms with van der Waals surface area (Å²) in [5, 5.41) is 7.49. The van der Waals surface area contributed by atoms with Gasteiger partial charge in [-0.25, -0.2) is 8.42 Å². The molecule has 21 heavy (non-hydrogen) atoms. The van der Waals surface area contributed by atoms with Crippen molar-refractivity contribution < 1.29 is 8.42 Å². The molecule has 0 saturated heterocycles. The summed E-state index contributed by atoms with van der Waals surface area (Å²) in [4.78, 5) is 0.206. The van der Waals surface area contributed by atoms with Gasteiger partial charge in [0.1, 0.15) is 4.90 Å². The van der Waals surface area contributed by atoms with Crippen molar-refractivity contribution in [2.45, 2.75) is 43.7 Å². The molecule has 1 N–H and O–H groups in total. The Bertz CT molecular complexity index is 599. The maximum Gasteiger partial charge on any atom is 0.247 e. The summed E-state index contributed by atoms with van der Waals surface area (Å²) in [7, 11) is -3.55. The number of terminal acetylenes is 1. The highest BCUT2D eigenvalue weighted by Gasteiger charge is 2.25. The molecule has 1 aromatic rings. The van der Waals surface area contributed by atoms with Crippen LogP contribution in [0.4, 0.5) is 0 Å². The molecule has 0 spiro atoms. The smallest absolute Gasteiger partial charge is 0.247 e. The molecule has 6 nitrogen and oxygen atoms in total. The van der Waals surface area contributed by atoms with Crippen molar-refractivity contribution in [3.63, 3.8) is 0 Å². The summed E-state index contributed by atoms with van der Waals surface area (Å²) >= 11 is 0. The number of sulfonamides is 1. The van der Waals surface area contributed by atoms with Crippen LogP contribution in [0, 0.1) is 12.3 Å². The average molecular weight is 310 g/mol. The van der Waals surface area contributed by atoms with E-state index < -0.39 is 10.0 Å². The molecule has 1 heterocycles. The van der Waals surface area contributed by atoms with Crippen molar-refractivity contribution in [1.82, 2.24) is 19.4 Å². The lowest BCUT2D eigenvalue weighted by Gasteiger charge is -2.17. The van der Waals surface area contributed by atoms with Crippen LogP contribution in [-0.2, 0) is 16.6 Å². The van der Waals surface area contributed by atoms with Gasteiger partial charge >= 0.3 is 0 Å². The van der Waals surface area contributed by atoms with Gasteiger partial charge in [-0.3, -0.25) is 4.68 Å². The minimum Gasteiger partial charge on any atom is -0.312 e. The third-order valence-corrected chi connectivity index (χ3v) is 5.14. The zero-order valence-electron chi connectivity index (χ0n) is 12.3. The fraction of sp³-hybridized carbons (Fsp3) is 0.643. The monoisotopic (exact) mass is 310 g/mol. The molecule has 0 aromatic carbocycles. The molecule has 0 aliphatic heterocycles. The normalized spacial score (nSPS) is 15.3. The second kappa shape index (κ2) is 7.07. The van der Waals surface area contributed by atoms with E-state index in [1.807, 2.05) is 6.92 Å². The van der Waals surface area contributed by atoms with Crippen molar-refractivity contribution >= 4 is 10.0 Å². The van der Waals surface area contributed by atoms with Gasteiger partial charge < -0.3 is 5.32 Å². The predicted molar refractivity (Wildman–Crippen MR) is 81.1 cm³/mol. The molecule has 2 rings (SSSR count). The number of rotatable bonds is 9. The summed E-state index contributed by atoms with van der Waals surface area (Å²) in [6, 6.07) is 0.638. The molecule has 116 valence electrons. The van der Waals surface area contributed by atoms with Crippen LogP contribution in [-0.4, -0.2) is 48.2 Å². The third kappa shape index (κ3) is 4.30. The molecule has 0 amide bonds. The van der Waals surface area contributed by atoms with Gasteiger partial charge in [0.15, 0.2) is 0 Å². The van der Waals surface area contributed by atoms with E-state index in [1.54, 1.807) is 10.9 Å². The molecule has 1 aliphatic rings. The van der Waals surface area contributed by atoms with Crippen LogP contribution in [0.25, 0.3) is 0 Å². The van der Waals surface area contributed by atoms with Crippen molar-refractivity contribution in [3.8, 4) is 12.3 Å². The molecule has 0 bridgehead atoms. The van der Waals surface area contributed by atoms with Gasteiger partial charge in [0.25, 0.3) is 0 Å². The molecule has 1 saturated carbocycles. The zero-order valence-corrected chi connectivity index (χ0v) is 13.1. The highest BCUT2D eigenvalue weighted by molar-refractivity contribution is 7.89. The highest BCUT2D eigenvalue weighted by Crippen LogP contribution is 2.18. The SMILES string of the molecule is C#CCN(CCC)S(=O)(=O)c1cnn(CCNC2CC2)c1. The van der Waals surface area contributed by atoms with Crippen LogP contribution in [0.3, 0.4) is 0 Å². The van der Waals surface area contributed by atoms with Crippen LogP contribution in [0.2, 0.25) is 0 Å². The van der Waals surface area contributed by atoms with Gasteiger partial charge in [-0.2, -0.15) is 9.40 Å². The second-order valence-electron chi connectivity index (χ2n) is 5.21. The molecule has 0 atom stereocenters. The van der Waals surface area contributed by atoms with Gasteiger partial charge in [-0.1, -0.05) is 12.8 Å². The standard InChI is InChI=1S/C14H22N4O2S/c1-3-8-18(9-4-2)21(19,20)14-11-16-17(12-14)10-7-15-13-5-6-13/h1,11-13,15H,4-10H2,2H3. The number of aromatic nitrogens is 2. The number of hydrogen-bond acceptors (Lipinski definition) is 4. The highest BCUT2D eigenvalue weighted by atomic mass is 32.2. The van der Waals surface area contributed by atoms with Crippen molar-refractivity contribution in [2.75, 3.05) is 19.6 Å². The van der Waals surface area contributed by atoms with E-state index in [0.717, 1.165) is 13.0 Å². The largest absolute Gasteiger partial charge is 0.312 e. The second-order valence-corrected chi connectivity index (χ2v) is 7.15. The van der Waals surface area contributed by atoms with Crippen LogP contribution in [0.15, 0.2) is 17.3 Å². The molecule has 7 heteroatoms. The van der Waals surface area contributed by atoms with Gasteiger partial charge in [0.05, 0.1) is 19.3 Å². The zero-order chi connectivity index (χ0) is 15.3. The van der Waals surface area contributed by atoms with Gasteiger partial charge in [-0.05, 0) is 19.3 Å². The minimum atomic E-state index is -3.55. The predicted octanol–water partition coefficient (Wildman–Crippen LogP) is 0.669. The first kappa shape index (κ1) is 16.0. The van der Waals surface area contributed by atoms with Crippen molar-refractivity contribution in [2.24, 2.45) is 0 Å². The summed E-state index contributed by atoms with van der Waals surface area (Å²) in [5.74, 6) is 2.40. The van der Waals surface area contributed by atoms with E-state index >= 15 is 0 Å². The van der Waals surface area contributed by atoms with Crippen molar-refractivity contribution in [1.29, 1.82) is 0 Å². The fourth-order valence-corrected chi connectivity index (χ4v) is 3.46. The molecule has 1 aromatic heterocycles. The average Bonchev–Trinajstić information content (AvgIpc) is 3.14. The molecule has 0 unspecified atom stereocenters. The summed E-state index contributed by atoms with van der Waals surface area (Å²) in [5.41, 5.74) is 0. The molecular weight excluding hydrogens is 288 g/mol. The Labute approximate surface area is 126 Å². The van der Waals surface area contributed by atoms with E-state index in [4.69, 9.17) is 6.42 Å². The minimum absolute atomic E-state index is 0.0879. The molecule has 1 aliphatic carbocycles. The third-order valence-electron chi connectivity index (χ3n) is 3.34. The quantitative estimate of drug-likeness (QED) is 0.681. The van der Waals surface area contributed by atoms with Gasteiger partial charge in [0, 0.05) is 25.3 Å². The first-order valence-corrected chi connectivity index (χ1v) is 8.71. The Morgan fingerprint density at radius 3 is 2.95 bits per heavy atom. The molecular formula is C14H22N4O2S. The fourth-order valence-electron chi connectivity index (χ4n) is 2.06. The maximum absolute atomic E-state index is 12.5. The Kier molecular flexibility index (Phi) is 5.39. The summed E-state index contributed by atoms with van der Waals surface area (Å²) in [6.45, 7) is 3.89. The first-order valence-electron chi connectivity index (χ1n) is 7.27. The topological polar surface area (TPSA) is 67.2 Å². The van der Waals surface area contributed by atoms with Crippen LogP contribution in [0.5, 0.6) is 0 Å². The lowest BCUT2D eigenvalue weighted by molar-refractivity contribution is 0.445. The number of nitrogens with zero attached hydrogens (tertiary/aromatic N) is 3. The van der Waals surface area contributed by atoms with E-state index in [1.165, 1.54) is 23.3 Å². The molecule has 0 radical (unpaired) electrons. The Morgan fingerprint density at radius 1 is 1.57 bits per heavy atom. The maximum atomic E-state index is 12.5. The van der Waals surface area contributed by atoms with Gasteiger partial charge in [-0.15, -0.1) is 6.42 Å². The Balaban J connectivity index is 2.01. The van der Waals surface area contributed by atoms with E-state index in [9.17, 15) is 8.42 Å². The lowest BCUT2D eigenvalue weighted by Crippen LogP contribution is -2.32. The summed E-state index contributed by atoms with van der Waals surface area (Å²) in [6.07, 6.45) is 11.4. The first-order chi connectivity index (χ1) is 10.1. The van der Waals surface area contributed by atoms with E-state index in [-0.39, 0.29) is 11.4 Å². The number of nitrogens with one attached hydrogen (secondary N) is 1. The van der Waals surface area contributed by atoms with Crippen LogP contribution < -0.4 is 5.32 Å². The number of hydrogen-bond donors (Lipinski definition) is 1. The Hall–Kier alpha value is -1.36. The van der Waals surface area contributed by atoms with E-state index in [2.05, 4.69) is 16.3 Å². The van der Waals surface area contributed by atoms with Crippen molar-refractivity contribution in [3.05, 3.63) is 12.4 Å². The molecule has 1 fully saturated rings. The lowest BCUT2D eigenvalue weighted by atomic mass is 10.5.